The summed E-state index contributed by atoms with van der Waals surface area (Å²) in [6.45, 7) is 8.06. The molecule has 0 unspecified atom stereocenters. The highest BCUT2D eigenvalue weighted by atomic mass is 35.5. The van der Waals surface area contributed by atoms with E-state index in [0.29, 0.717) is 17.2 Å². The predicted molar refractivity (Wildman–Crippen MR) is 81.4 cm³/mol. The molecule has 0 atom stereocenters. The van der Waals surface area contributed by atoms with Crippen molar-refractivity contribution in [3.8, 4) is 0 Å². The van der Waals surface area contributed by atoms with Gasteiger partial charge in [-0.1, -0.05) is 35.8 Å². The molecule has 20 heavy (non-hydrogen) atoms. The van der Waals surface area contributed by atoms with Gasteiger partial charge in [0.15, 0.2) is 5.84 Å². The van der Waals surface area contributed by atoms with Crippen LogP contribution in [0.4, 0.5) is 0 Å². The van der Waals surface area contributed by atoms with Crippen LogP contribution < -0.4 is 5.73 Å². The fourth-order valence-electron chi connectivity index (χ4n) is 1.82. The zero-order valence-corrected chi connectivity index (χ0v) is 12.7. The van der Waals surface area contributed by atoms with E-state index in [4.69, 9.17) is 27.3 Å². The average molecular weight is 300 g/mol. The molecule has 3 N–H and O–H groups in total. The molecular formula is C14H22ClN3O2. The lowest BCUT2D eigenvalue weighted by atomic mass is 10.1. The lowest BCUT2D eigenvalue weighted by molar-refractivity contribution is 0.113. The molecule has 6 heteroatoms. The molecule has 0 spiro atoms. The third kappa shape index (κ3) is 5.00. The summed E-state index contributed by atoms with van der Waals surface area (Å²) in [7, 11) is 0. The molecule has 0 fully saturated rings. The summed E-state index contributed by atoms with van der Waals surface area (Å²) in [5.74, 6) is 0.0575. The van der Waals surface area contributed by atoms with Crippen LogP contribution in [0.1, 0.15) is 25.0 Å². The van der Waals surface area contributed by atoms with Gasteiger partial charge in [-0.25, -0.2) is 0 Å². The number of likely N-dealkylation sites (N-methyl/N-ethyl adjacent to an activating group) is 1. The van der Waals surface area contributed by atoms with Crippen LogP contribution >= 0.6 is 11.6 Å². The topological polar surface area (TPSA) is 71.1 Å². The highest BCUT2D eigenvalue weighted by Gasteiger charge is 2.09. The van der Waals surface area contributed by atoms with Crippen molar-refractivity contribution in [2.75, 3.05) is 26.3 Å². The number of amidine groups is 1. The summed E-state index contributed by atoms with van der Waals surface area (Å²) < 4.78 is 5.36. The summed E-state index contributed by atoms with van der Waals surface area (Å²) >= 11 is 6.24. The van der Waals surface area contributed by atoms with Gasteiger partial charge in [0.05, 0.1) is 6.61 Å². The van der Waals surface area contributed by atoms with Gasteiger partial charge in [0.25, 0.3) is 0 Å². The van der Waals surface area contributed by atoms with E-state index in [2.05, 4.69) is 17.0 Å². The Hall–Kier alpha value is -1.30. The van der Waals surface area contributed by atoms with Gasteiger partial charge in [0.2, 0.25) is 0 Å². The van der Waals surface area contributed by atoms with Crippen LogP contribution in [0.25, 0.3) is 0 Å². The second kappa shape index (κ2) is 8.79. The van der Waals surface area contributed by atoms with Crippen molar-refractivity contribution in [2.45, 2.75) is 20.4 Å². The molecule has 5 nitrogen and oxygen atoms in total. The average Bonchev–Trinajstić information content (AvgIpc) is 2.47. The van der Waals surface area contributed by atoms with Gasteiger partial charge in [-0.3, -0.25) is 4.90 Å². The molecule has 1 aromatic rings. The molecular weight excluding hydrogens is 278 g/mol. The molecule has 0 aliphatic heterocycles. The number of nitrogens with zero attached hydrogens (tertiary/aromatic N) is 2. The summed E-state index contributed by atoms with van der Waals surface area (Å²) in [6, 6.07) is 5.41. The van der Waals surface area contributed by atoms with Gasteiger partial charge in [0.1, 0.15) is 0 Å². The Morgan fingerprint density at radius 3 is 2.75 bits per heavy atom. The standard InChI is InChI=1S/C14H22ClN3O2/c1-3-18(7-8-20-4-2)10-12-6-5-11(9-13(12)15)14(16)17-19/h5-6,9,19H,3-4,7-8,10H2,1-2H3,(H2,16,17). The first kappa shape index (κ1) is 16.8. The van der Waals surface area contributed by atoms with Gasteiger partial charge < -0.3 is 15.7 Å². The van der Waals surface area contributed by atoms with Crippen molar-refractivity contribution >= 4 is 17.4 Å². The van der Waals surface area contributed by atoms with Crippen molar-refractivity contribution in [2.24, 2.45) is 10.9 Å². The zero-order chi connectivity index (χ0) is 15.0. The normalized spacial score (nSPS) is 12.1. The first-order valence-electron chi connectivity index (χ1n) is 6.68. The largest absolute Gasteiger partial charge is 0.409 e. The number of oxime groups is 1. The van der Waals surface area contributed by atoms with E-state index in [1.165, 1.54) is 0 Å². The lowest BCUT2D eigenvalue weighted by Gasteiger charge is -2.21. The molecule has 0 aliphatic carbocycles. The molecule has 0 heterocycles. The van der Waals surface area contributed by atoms with Crippen molar-refractivity contribution in [1.82, 2.24) is 4.90 Å². The molecule has 0 bridgehead atoms. The molecule has 0 amide bonds. The Balaban J connectivity index is 2.71. The quantitative estimate of drug-likeness (QED) is 0.254. The van der Waals surface area contributed by atoms with Crippen LogP contribution in [0.15, 0.2) is 23.4 Å². The van der Waals surface area contributed by atoms with E-state index in [1.54, 1.807) is 12.1 Å². The summed E-state index contributed by atoms with van der Waals surface area (Å²) in [5.41, 5.74) is 7.16. The molecule has 0 aliphatic rings. The minimum absolute atomic E-state index is 0.0575. The molecule has 0 aromatic heterocycles. The lowest BCUT2D eigenvalue weighted by Crippen LogP contribution is -2.27. The Bertz CT molecular complexity index is 452. The Morgan fingerprint density at radius 1 is 1.45 bits per heavy atom. The predicted octanol–water partition coefficient (Wildman–Crippen LogP) is 2.29. The molecule has 0 saturated carbocycles. The first-order chi connectivity index (χ1) is 9.62. The van der Waals surface area contributed by atoms with E-state index in [-0.39, 0.29) is 5.84 Å². The number of benzene rings is 1. The number of halogens is 1. The minimum atomic E-state index is 0.0575. The molecule has 0 saturated heterocycles. The van der Waals surface area contributed by atoms with Crippen molar-refractivity contribution < 1.29 is 9.94 Å². The van der Waals surface area contributed by atoms with Crippen molar-refractivity contribution in [3.05, 3.63) is 34.3 Å². The third-order valence-corrected chi connectivity index (χ3v) is 3.41. The zero-order valence-electron chi connectivity index (χ0n) is 12.0. The summed E-state index contributed by atoms with van der Waals surface area (Å²) in [4.78, 5) is 2.25. The van der Waals surface area contributed by atoms with Crippen molar-refractivity contribution in [3.63, 3.8) is 0 Å². The molecule has 1 rings (SSSR count). The van der Waals surface area contributed by atoms with Gasteiger partial charge in [-0.05, 0) is 25.1 Å². The molecule has 0 radical (unpaired) electrons. The van der Waals surface area contributed by atoms with E-state index in [1.807, 2.05) is 13.0 Å². The number of nitrogens with two attached hydrogens (primary N) is 1. The van der Waals surface area contributed by atoms with Gasteiger partial charge >= 0.3 is 0 Å². The molecule has 112 valence electrons. The van der Waals surface area contributed by atoms with E-state index in [9.17, 15) is 0 Å². The Labute approximate surface area is 125 Å². The number of hydrogen-bond donors (Lipinski definition) is 2. The first-order valence-corrected chi connectivity index (χ1v) is 7.06. The minimum Gasteiger partial charge on any atom is -0.409 e. The Kier molecular flexibility index (Phi) is 7.36. The maximum atomic E-state index is 8.65. The smallest absolute Gasteiger partial charge is 0.170 e. The summed E-state index contributed by atoms with van der Waals surface area (Å²) in [6.07, 6.45) is 0. The van der Waals surface area contributed by atoms with E-state index >= 15 is 0 Å². The van der Waals surface area contributed by atoms with Gasteiger partial charge in [0, 0.05) is 30.3 Å². The Morgan fingerprint density at radius 2 is 2.20 bits per heavy atom. The van der Waals surface area contributed by atoms with Crippen LogP contribution in [0, 0.1) is 0 Å². The SMILES string of the molecule is CCOCCN(CC)Cc1ccc(/C(N)=N/O)cc1Cl. The van der Waals surface area contributed by atoms with E-state index < -0.39 is 0 Å². The summed E-state index contributed by atoms with van der Waals surface area (Å²) in [5, 5.41) is 12.2. The van der Waals surface area contributed by atoms with Crippen LogP contribution in [0.2, 0.25) is 5.02 Å². The number of rotatable bonds is 8. The maximum absolute atomic E-state index is 8.65. The second-order valence-corrected chi connectivity index (χ2v) is 4.76. The van der Waals surface area contributed by atoms with Crippen molar-refractivity contribution in [1.29, 1.82) is 0 Å². The second-order valence-electron chi connectivity index (χ2n) is 4.36. The fourth-order valence-corrected chi connectivity index (χ4v) is 2.06. The van der Waals surface area contributed by atoms with Gasteiger partial charge in [-0.2, -0.15) is 0 Å². The maximum Gasteiger partial charge on any atom is 0.170 e. The monoisotopic (exact) mass is 299 g/mol. The van der Waals surface area contributed by atoms with Crippen LogP contribution in [-0.2, 0) is 11.3 Å². The third-order valence-electron chi connectivity index (χ3n) is 3.05. The fraction of sp³-hybridized carbons (Fsp3) is 0.500. The number of hydrogen-bond acceptors (Lipinski definition) is 4. The van der Waals surface area contributed by atoms with Gasteiger partial charge in [-0.15, -0.1) is 0 Å². The van der Waals surface area contributed by atoms with Crippen LogP contribution in [0.3, 0.4) is 0 Å². The number of ether oxygens (including phenoxy) is 1. The van der Waals surface area contributed by atoms with E-state index in [0.717, 1.165) is 31.8 Å². The highest BCUT2D eigenvalue weighted by Crippen LogP contribution is 2.19. The van der Waals surface area contributed by atoms with Crippen LogP contribution in [-0.4, -0.2) is 42.2 Å². The highest BCUT2D eigenvalue weighted by molar-refractivity contribution is 6.31. The molecule has 1 aromatic carbocycles. The van der Waals surface area contributed by atoms with Crippen LogP contribution in [0.5, 0.6) is 0 Å².